The number of likely N-dealkylation sites (N-methyl/N-ethyl adjacent to an activating group) is 1. The van der Waals surface area contributed by atoms with Crippen LogP contribution in [-0.4, -0.2) is 36.4 Å². The molecule has 148 valence electrons. The maximum Gasteiger partial charge on any atom is 0.279 e. The van der Waals surface area contributed by atoms with E-state index in [0.29, 0.717) is 22.9 Å². The average Bonchev–Trinajstić information content (AvgIpc) is 2.64. The highest BCUT2D eigenvalue weighted by Crippen LogP contribution is 2.20. The first kappa shape index (κ1) is 21.3. The highest BCUT2D eigenvalue weighted by molar-refractivity contribution is 6.31. The predicted octanol–water partition coefficient (Wildman–Crippen LogP) is 2.04. The summed E-state index contributed by atoms with van der Waals surface area (Å²) in [5, 5.41) is 16.8. The van der Waals surface area contributed by atoms with Crippen molar-refractivity contribution < 1.29 is 19.4 Å². The number of halogens is 1. The van der Waals surface area contributed by atoms with Gasteiger partial charge in [0.25, 0.3) is 17.5 Å². The van der Waals surface area contributed by atoms with Crippen molar-refractivity contribution in [3.05, 3.63) is 63.2 Å². The number of hydrogen-bond acceptors (Lipinski definition) is 4. The Morgan fingerprint density at radius 3 is 2.43 bits per heavy atom. The highest BCUT2D eigenvalue weighted by Gasteiger charge is 2.18. The summed E-state index contributed by atoms with van der Waals surface area (Å²) in [5.41, 5.74) is 1.76. The van der Waals surface area contributed by atoms with Crippen LogP contribution in [-0.2, 0) is 9.59 Å². The first-order valence-electron chi connectivity index (χ1n) is 8.72. The molecule has 0 aromatic heterocycles. The van der Waals surface area contributed by atoms with Gasteiger partial charge in [-0.05, 0) is 37.6 Å². The third-order valence-electron chi connectivity index (χ3n) is 4.14. The van der Waals surface area contributed by atoms with Gasteiger partial charge in [-0.1, -0.05) is 23.7 Å². The number of nitrogens with zero attached hydrogens (tertiary/aromatic N) is 1. The van der Waals surface area contributed by atoms with Crippen LogP contribution in [0.4, 0.5) is 17.1 Å². The molecule has 8 nitrogen and oxygen atoms in total. The van der Waals surface area contributed by atoms with E-state index in [9.17, 15) is 19.7 Å². The number of carbonyl (C=O) groups excluding carboxylic acids is 2. The van der Waals surface area contributed by atoms with Crippen LogP contribution in [0.15, 0.2) is 42.5 Å². The molecule has 0 heterocycles. The Kier molecular flexibility index (Phi) is 7.48. The number of nitro benzene ring substituents is 1. The summed E-state index contributed by atoms with van der Waals surface area (Å²) in [6, 6.07) is 10.9. The van der Waals surface area contributed by atoms with Crippen molar-refractivity contribution in [3.8, 4) is 0 Å². The minimum Gasteiger partial charge on any atom is -0.321 e. The lowest BCUT2D eigenvalue weighted by atomic mass is 10.2. The number of aryl methyl sites for hydroxylation is 1. The lowest BCUT2D eigenvalue weighted by Gasteiger charge is -2.17. The number of hydrogen-bond donors (Lipinski definition) is 3. The van der Waals surface area contributed by atoms with Gasteiger partial charge in [0, 0.05) is 28.5 Å². The zero-order valence-electron chi connectivity index (χ0n) is 15.6. The molecule has 1 unspecified atom stereocenters. The second-order valence-corrected chi connectivity index (χ2v) is 6.76. The van der Waals surface area contributed by atoms with Crippen molar-refractivity contribution >= 4 is 40.5 Å². The molecule has 1 atom stereocenters. The number of nitro groups is 1. The van der Waals surface area contributed by atoms with E-state index in [-0.39, 0.29) is 30.6 Å². The zero-order chi connectivity index (χ0) is 20.7. The number of carbonyl (C=O) groups is 2. The topological polar surface area (TPSA) is 106 Å². The normalized spacial score (nSPS) is 11.5. The molecular weight excluding hydrogens is 384 g/mol. The van der Waals surface area contributed by atoms with E-state index < -0.39 is 4.92 Å². The Hall–Kier alpha value is -2.97. The van der Waals surface area contributed by atoms with E-state index >= 15 is 0 Å². The molecule has 0 saturated carbocycles. The molecule has 0 bridgehead atoms. The summed E-state index contributed by atoms with van der Waals surface area (Å²) >= 11 is 5.96. The smallest absolute Gasteiger partial charge is 0.279 e. The van der Waals surface area contributed by atoms with Crippen LogP contribution >= 0.6 is 11.6 Å². The predicted molar refractivity (Wildman–Crippen MR) is 108 cm³/mol. The summed E-state index contributed by atoms with van der Waals surface area (Å²) in [5.74, 6) is -0.561. The van der Waals surface area contributed by atoms with Gasteiger partial charge in [0.2, 0.25) is 0 Å². The van der Waals surface area contributed by atoms with Crippen molar-refractivity contribution in [1.82, 2.24) is 0 Å². The molecule has 0 aliphatic heterocycles. The maximum atomic E-state index is 12.3. The minimum atomic E-state index is -0.526. The lowest BCUT2D eigenvalue weighted by Crippen LogP contribution is -3.13. The highest BCUT2D eigenvalue weighted by atomic mass is 35.5. The van der Waals surface area contributed by atoms with Gasteiger partial charge >= 0.3 is 0 Å². The molecule has 0 spiro atoms. The molecule has 9 heteroatoms. The summed E-state index contributed by atoms with van der Waals surface area (Å²) in [6.45, 7) is 4.45. The standard InChI is InChI=1S/C19H21ClN4O4/c1-3-23(12-19(26)22-17-9-14(20)8-7-13(17)2)11-18(25)21-15-5-4-6-16(10-15)24(27)28/h4-10H,3,11-12H2,1-2H3,(H,21,25)(H,22,26)/p+1. The lowest BCUT2D eigenvalue weighted by molar-refractivity contribution is -0.881. The number of quaternary nitrogens is 1. The third-order valence-corrected chi connectivity index (χ3v) is 4.37. The van der Waals surface area contributed by atoms with E-state index in [2.05, 4.69) is 10.6 Å². The molecular formula is C19H22ClN4O4+. The summed E-state index contributed by atoms with van der Waals surface area (Å²) in [7, 11) is 0. The van der Waals surface area contributed by atoms with E-state index in [4.69, 9.17) is 11.6 Å². The Labute approximate surface area is 167 Å². The fourth-order valence-electron chi connectivity index (χ4n) is 2.59. The van der Waals surface area contributed by atoms with Gasteiger partial charge in [0.05, 0.1) is 11.5 Å². The molecule has 0 fully saturated rings. The maximum absolute atomic E-state index is 12.3. The van der Waals surface area contributed by atoms with Crippen molar-refractivity contribution in [2.24, 2.45) is 0 Å². The summed E-state index contributed by atoms with van der Waals surface area (Å²) in [6.07, 6.45) is 0. The molecule has 0 saturated heterocycles. The van der Waals surface area contributed by atoms with Gasteiger partial charge in [-0.15, -0.1) is 0 Å². The molecule has 0 aliphatic carbocycles. The number of amides is 2. The van der Waals surface area contributed by atoms with Crippen molar-refractivity contribution in [3.63, 3.8) is 0 Å². The first-order chi connectivity index (χ1) is 13.3. The van der Waals surface area contributed by atoms with Crippen molar-refractivity contribution in [2.75, 3.05) is 30.3 Å². The second kappa shape index (κ2) is 9.82. The van der Waals surface area contributed by atoms with Gasteiger partial charge in [0.1, 0.15) is 0 Å². The molecule has 2 rings (SSSR count). The second-order valence-electron chi connectivity index (χ2n) is 6.32. The number of non-ortho nitro benzene ring substituents is 1. The number of anilines is 2. The van der Waals surface area contributed by atoms with Gasteiger partial charge in [-0.25, -0.2) is 0 Å². The summed E-state index contributed by atoms with van der Waals surface area (Å²) in [4.78, 5) is 35.6. The van der Waals surface area contributed by atoms with Crippen LogP contribution in [0.1, 0.15) is 12.5 Å². The minimum absolute atomic E-state index is 0.0567. The number of benzene rings is 2. The van der Waals surface area contributed by atoms with E-state index in [1.165, 1.54) is 18.2 Å². The SMILES string of the molecule is CC[NH+](CC(=O)Nc1cccc([N+](=O)[O-])c1)CC(=O)Nc1cc(Cl)ccc1C. The van der Waals surface area contributed by atoms with Crippen LogP contribution in [0.25, 0.3) is 0 Å². The van der Waals surface area contributed by atoms with Gasteiger partial charge in [0.15, 0.2) is 13.1 Å². The van der Waals surface area contributed by atoms with Gasteiger partial charge < -0.3 is 15.5 Å². The van der Waals surface area contributed by atoms with E-state index in [1.54, 1.807) is 18.2 Å². The Balaban J connectivity index is 1.93. The third kappa shape index (κ3) is 6.33. The monoisotopic (exact) mass is 405 g/mol. The molecule has 2 amide bonds. The van der Waals surface area contributed by atoms with E-state index in [0.717, 1.165) is 10.5 Å². The average molecular weight is 406 g/mol. The molecule has 0 radical (unpaired) electrons. The number of nitrogens with one attached hydrogen (secondary N) is 3. The summed E-state index contributed by atoms with van der Waals surface area (Å²) < 4.78 is 0. The zero-order valence-corrected chi connectivity index (χ0v) is 16.4. The fraction of sp³-hybridized carbons (Fsp3) is 0.263. The molecule has 2 aromatic rings. The molecule has 0 aliphatic rings. The van der Waals surface area contributed by atoms with E-state index in [1.807, 2.05) is 19.9 Å². The first-order valence-corrected chi connectivity index (χ1v) is 9.10. The van der Waals surface area contributed by atoms with Crippen LogP contribution in [0.2, 0.25) is 5.02 Å². The number of rotatable bonds is 8. The van der Waals surface area contributed by atoms with Crippen LogP contribution < -0.4 is 15.5 Å². The largest absolute Gasteiger partial charge is 0.321 e. The van der Waals surface area contributed by atoms with Gasteiger partial charge in [-0.2, -0.15) is 0 Å². The van der Waals surface area contributed by atoms with Crippen LogP contribution in [0.5, 0.6) is 0 Å². The Morgan fingerprint density at radius 2 is 1.79 bits per heavy atom. The Morgan fingerprint density at radius 1 is 1.11 bits per heavy atom. The molecule has 3 N–H and O–H groups in total. The quantitative estimate of drug-likeness (QED) is 0.461. The fourth-order valence-corrected chi connectivity index (χ4v) is 2.76. The molecule has 28 heavy (non-hydrogen) atoms. The van der Waals surface area contributed by atoms with Crippen molar-refractivity contribution in [1.29, 1.82) is 0 Å². The van der Waals surface area contributed by atoms with Crippen molar-refractivity contribution in [2.45, 2.75) is 13.8 Å². The van der Waals surface area contributed by atoms with Gasteiger partial charge in [-0.3, -0.25) is 19.7 Å². The van der Waals surface area contributed by atoms with Crippen LogP contribution in [0.3, 0.4) is 0 Å². The molecule has 2 aromatic carbocycles. The van der Waals surface area contributed by atoms with Crippen LogP contribution in [0, 0.1) is 17.0 Å². The Bertz CT molecular complexity index is 888.